The number of rotatable bonds is 17. The first-order valence-electron chi connectivity index (χ1n) is 13.3. The molecule has 0 heteroatoms. The van der Waals surface area contributed by atoms with Crippen molar-refractivity contribution >= 4 is 0 Å². The van der Waals surface area contributed by atoms with Crippen molar-refractivity contribution in [3.8, 4) is 0 Å². The van der Waals surface area contributed by atoms with E-state index in [0.29, 0.717) is 5.92 Å². The summed E-state index contributed by atoms with van der Waals surface area (Å²) >= 11 is 0. The van der Waals surface area contributed by atoms with E-state index in [2.05, 4.69) is 87.1 Å². The van der Waals surface area contributed by atoms with E-state index in [1.165, 1.54) is 92.9 Å². The highest BCUT2D eigenvalue weighted by Gasteiger charge is 2.06. The van der Waals surface area contributed by atoms with Crippen LogP contribution >= 0.6 is 0 Å². The van der Waals surface area contributed by atoms with E-state index in [1.54, 1.807) is 11.1 Å². The Bertz CT molecular complexity index is 646. The summed E-state index contributed by atoms with van der Waals surface area (Å²) in [5, 5.41) is 0. The highest BCUT2D eigenvalue weighted by Crippen LogP contribution is 2.22. The third kappa shape index (κ3) is 17.3. The quantitative estimate of drug-likeness (QED) is 0.156. The van der Waals surface area contributed by atoms with E-state index in [-0.39, 0.29) is 0 Å². The summed E-state index contributed by atoms with van der Waals surface area (Å²) in [5.41, 5.74) is 9.00. The zero-order valence-electron chi connectivity index (χ0n) is 23.4. The van der Waals surface area contributed by atoms with E-state index < -0.39 is 0 Å². The maximum atomic E-state index is 4.08. The highest BCUT2D eigenvalue weighted by atomic mass is 14.1. The van der Waals surface area contributed by atoms with E-state index >= 15 is 0 Å². The van der Waals surface area contributed by atoms with Crippen molar-refractivity contribution < 1.29 is 0 Å². The summed E-state index contributed by atoms with van der Waals surface area (Å²) in [5.74, 6) is 1.51. The lowest BCUT2D eigenvalue weighted by Crippen LogP contribution is -1.99. The third-order valence-electron chi connectivity index (χ3n) is 7.14. The SMILES string of the molecule is C=C(C)C(C)CCCC(C)CC/C(C)=C/CC/C=C(\C)CC/C=C(\C)CCC(C)=C(C)C. The molecule has 0 nitrogen and oxygen atoms in total. The molecule has 0 heterocycles. The Morgan fingerprint density at radius 2 is 1.16 bits per heavy atom. The summed E-state index contributed by atoms with van der Waals surface area (Å²) in [6, 6.07) is 0. The van der Waals surface area contributed by atoms with Crippen molar-refractivity contribution in [3.63, 3.8) is 0 Å². The number of unbranched alkanes of at least 4 members (excludes halogenated alkanes) is 1. The van der Waals surface area contributed by atoms with Gasteiger partial charge in [-0.1, -0.05) is 84.9 Å². The van der Waals surface area contributed by atoms with Crippen molar-refractivity contribution in [3.05, 3.63) is 58.2 Å². The lowest BCUT2D eigenvalue weighted by atomic mass is 9.92. The zero-order valence-corrected chi connectivity index (χ0v) is 23.4. The van der Waals surface area contributed by atoms with Crippen LogP contribution in [0.5, 0.6) is 0 Å². The van der Waals surface area contributed by atoms with E-state index in [1.807, 2.05) is 0 Å². The fourth-order valence-corrected chi connectivity index (χ4v) is 3.78. The molecule has 0 aliphatic heterocycles. The first kappa shape index (κ1) is 30.7. The predicted molar refractivity (Wildman–Crippen MR) is 149 cm³/mol. The van der Waals surface area contributed by atoms with Gasteiger partial charge in [-0.15, -0.1) is 0 Å². The fraction of sp³-hybridized carbons (Fsp3) is 0.688. The molecule has 0 fully saturated rings. The van der Waals surface area contributed by atoms with Gasteiger partial charge in [0.15, 0.2) is 0 Å². The van der Waals surface area contributed by atoms with Gasteiger partial charge in [0.1, 0.15) is 0 Å². The van der Waals surface area contributed by atoms with Gasteiger partial charge < -0.3 is 0 Å². The van der Waals surface area contributed by atoms with Crippen LogP contribution in [0.15, 0.2) is 58.2 Å². The largest absolute Gasteiger partial charge is 0.0999 e. The van der Waals surface area contributed by atoms with Gasteiger partial charge in [-0.25, -0.2) is 0 Å². The van der Waals surface area contributed by atoms with Crippen LogP contribution in [0.3, 0.4) is 0 Å². The van der Waals surface area contributed by atoms with Crippen molar-refractivity contribution in [1.82, 2.24) is 0 Å². The van der Waals surface area contributed by atoms with Gasteiger partial charge in [-0.05, 0) is 118 Å². The second kappa shape index (κ2) is 18.2. The molecule has 0 spiro atoms. The monoisotopic (exact) mass is 440 g/mol. The molecule has 0 N–H and O–H groups in total. The van der Waals surface area contributed by atoms with Crippen molar-refractivity contribution in [2.45, 2.75) is 133 Å². The number of hydrogen-bond acceptors (Lipinski definition) is 0. The molecular formula is C32H56. The van der Waals surface area contributed by atoms with Crippen LogP contribution in [0.1, 0.15) is 133 Å². The summed E-state index contributed by atoms with van der Waals surface area (Å²) in [6.45, 7) is 24.6. The molecule has 0 saturated heterocycles. The first-order valence-corrected chi connectivity index (χ1v) is 13.3. The molecule has 0 amide bonds. The van der Waals surface area contributed by atoms with Gasteiger partial charge in [0.25, 0.3) is 0 Å². The molecule has 0 aliphatic rings. The van der Waals surface area contributed by atoms with Gasteiger partial charge in [0.2, 0.25) is 0 Å². The van der Waals surface area contributed by atoms with Gasteiger partial charge in [-0.2, -0.15) is 0 Å². The second-order valence-electron chi connectivity index (χ2n) is 10.9. The molecule has 0 aliphatic carbocycles. The number of allylic oxidation sites excluding steroid dienone is 9. The van der Waals surface area contributed by atoms with E-state index in [4.69, 9.17) is 0 Å². The molecule has 0 bridgehead atoms. The molecule has 0 aromatic heterocycles. The Hall–Kier alpha value is -1.30. The van der Waals surface area contributed by atoms with Crippen molar-refractivity contribution in [1.29, 1.82) is 0 Å². The molecule has 0 aromatic rings. The maximum Gasteiger partial charge on any atom is -0.0237 e. The minimum absolute atomic E-state index is 0.678. The van der Waals surface area contributed by atoms with E-state index in [0.717, 1.165) is 5.92 Å². The number of hydrogen-bond donors (Lipinski definition) is 0. The molecule has 32 heavy (non-hydrogen) atoms. The maximum absolute atomic E-state index is 4.08. The molecule has 2 atom stereocenters. The average molecular weight is 441 g/mol. The van der Waals surface area contributed by atoms with Crippen LogP contribution in [-0.2, 0) is 0 Å². The Kier molecular flexibility index (Phi) is 17.4. The lowest BCUT2D eigenvalue weighted by Gasteiger charge is -2.14. The molecule has 0 saturated carbocycles. The normalized spacial score (nSPS) is 15.0. The van der Waals surface area contributed by atoms with Gasteiger partial charge in [0.05, 0.1) is 0 Å². The summed E-state index contributed by atoms with van der Waals surface area (Å²) in [7, 11) is 0. The minimum atomic E-state index is 0.678. The van der Waals surface area contributed by atoms with Crippen LogP contribution in [0.25, 0.3) is 0 Å². The Morgan fingerprint density at radius 1 is 0.625 bits per heavy atom. The van der Waals surface area contributed by atoms with Crippen LogP contribution in [-0.4, -0.2) is 0 Å². The average Bonchev–Trinajstić information content (AvgIpc) is 2.73. The second-order valence-corrected chi connectivity index (χ2v) is 10.9. The van der Waals surface area contributed by atoms with Crippen molar-refractivity contribution in [2.24, 2.45) is 11.8 Å². The Morgan fingerprint density at radius 3 is 1.72 bits per heavy atom. The Labute approximate surface area is 203 Å². The lowest BCUT2D eigenvalue weighted by molar-refractivity contribution is 0.442. The molecule has 0 aromatic carbocycles. The summed E-state index contributed by atoms with van der Waals surface area (Å²) in [4.78, 5) is 0. The first-order chi connectivity index (χ1) is 15.0. The van der Waals surface area contributed by atoms with Gasteiger partial charge in [-0.3, -0.25) is 0 Å². The summed E-state index contributed by atoms with van der Waals surface area (Å²) < 4.78 is 0. The van der Waals surface area contributed by atoms with Gasteiger partial charge >= 0.3 is 0 Å². The minimum Gasteiger partial charge on any atom is -0.0999 e. The van der Waals surface area contributed by atoms with Crippen molar-refractivity contribution in [2.75, 3.05) is 0 Å². The van der Waals surface area contributed by atoms with Crippen LogP contribution in [0, 0.1) is 11.8 Å². The van der Waals surface area contributed by atoms with E-state index in [9.17, 15) is 0 Å². The molecule has 0 rings (SSSR count). The molecule has 184 valence electrons. The third-order valence-corrected chi connectivity index (χ3v) is 7.14. The Balaban J connectivity index is 4.05. The standard InChI is InChI=1S/C32H56/c1-25(2)31(9)20-14-19-29(7)22-21-28(6)16-12-11-15-27(5)17-13-18-30(8)23-24-32(10)26(3)4/h15-16,18,29,31H,1,11-14,17,19-24H2,2-10H3/b27-15+,28-16+,30-18+. The van der Waals surface area contributed by atoms with Crippen LogP contribution in [0.4, 0.5) is 0 Å². The topological polar surface area (TPSA) is 0 Å². The highest BCUT2D eigenvalue weighted by molar-refractivity contribution is 5.11. The molecule has 0 radical (unpaired) electrons. The fourth-order valence-electron chi connectivity index (χ4n) is 3.78. The van der Waals surface area contributed by atoms with Crippen LogP contribution in [0.2, 0.25) is 0 Å². The summed E-state index contributed by atoms with van der Waals surface area (Å²) in [6.07, 6.45) is 21.1. The molecule has 2 unspecified atom stereocenters. The van der Waals surface area contributed by atoms with Gasteiger partial charge in [0, 0.05) is 0 Å². The molecular weight excluding hydrogens is 384 g/mol. The predicted octanol–water partition coefficient (Wildman–Crippen LogP) is 11.3. The zero-order chi connectivity index (χ0) is 24.5. The smallest absolute Gasteiger partial charge is 0.0237 e. The van der Waals surface area contributed by atoms with Crippen LogP contribution < -0.4 is 0 Å².